The highest BCUT2D eigenvalue weighted by atomic mass is 35.5. The monoisotopic (exact) mass is 285 g/mol. The second-order valence-corrected chi connectivity index (χ2v) is 4.55. The molecule has 2 N–H and O–H groups in total. The largest absolute Gasteiger partial charge is 0.480 e. The van der Waals surface area contributed by atoms with E-state index in [1.807, 2.05) is 32.0 Å². The lowest BCUT2D eigenvalue weighted by Gasteiger charge is -2.17. The molecule has 106 valence electrons. The lowest BCUT2D eigenvalue weighted by molar-refractivity contribution is -0.140. The molecule has 0 aromatic heterocycles. The molecule has 0 aliphatic carbocycles. The number of hydrogen-bond donors (Lipinski definition) is 2. The fourth-order valence-corrected chi connectivity index (χ4v) is 1.72. The molecular weight excluding hydrogens is 266 g/mol. The Hall–Kier alpha value is -1.39. The standard InChI is InChI=1S/C14H19NO3.ClH/c1-10(2)13(14(17)18)15-9-8-12(16)11-6-4-3-5-7-11;/h3-7,10,13,15H,8-9H2,1-2H3,(H,17,18);1H. The summed E-state index contributed by atoms with van der Waals surface area (Å²) in [5.41, 5.74) is 0.663. The van der Waals surface area contributed by atoms with Crippen LogP contribution in [0.4, 0.5) is 0 Å². The van der Waals surface area contributed by atoms with E-state index in [0.29, 0.717) is 18.5 Å². The molecule has 0 fully saturated rings. The Kier molecular flexibility index (Phi) is 8.03. The van der Waals surface area contributed by atoms with Crippen LogP contribution in [0.3, 0.4) is 0 Å². The lowest BCUT2D eigenvalue weighted by Crippen LogP contribution is -2.41. The third-order valence-electron chi connectivity index (χ3n) is 2.74. The van der Waals surface area contributed by atoms with Gasteiger partial charge in [-0.3, -0.25) is 9.59 Å². The maximum atomic E-state index is 11.8. The van der Waals surface area contributed by atoms with Crippen LogP contribution in [0.25, 0.3) is 0 Å². The van der Waals surface area contributed by atoms with Crippen LogP contribution in [-0.2, 0) is 4.79 Å². The highest BCUT2D eigenvalue weighted by Crippen LogP contribution is 2.04. The molecule has 0 saturated carbocycles. The van der Waals surface area contributed by atoms with Crippen LogP contribution in [0.15, 0.2) is 30.3 Å². The maximum absolute atomic E-state index is 11.8. The first kappa shape index (κ1) is 17.6. The molecule has 19 heavy (non-hydrogen) atoms. The summed E-state index contributed by atoms with van der Waals surface area (Å²) < 4.78 is 0. The summed E-state index contributed by atoms with van der Waals surface area (Å²) in [6, 6.07) is 8.41. The average Bonchev–Trinajstić information content (AvgIpc) is 2.34. The predicted octanol–water partition coefficient (Wildman–Crippen LogP) is 2.38. The molecule has 0 spiro atoms. The number of ketones is 1. The van der Waals surface area contributed by atoms with Gasteiger partial charge >= 0.3 is 5.97 Å². The van der Waals surface area contributed by atoms with Crippen molar-refractivity contribution in [2.75, 3.05) is 6.54 Å². The number of carbonyl (C=O) groups excluding carboxylic acids is 1. The van der Waals surface area contributed by atoms with Gasteiger partial charge < -0.3 is 10.4 Å². The summed E-state index contributed by atoms with van der Waals surface area (Å²) in [4.78, 5) is 22.7. The number of benzene rings is 1. The number of aliphatic carboxylic acids is 1. The number of rotatable bonds is 7. The Balaban J connectivity index is 0.00000324. The Labute approximate surface area is 119 Å². The second kappa shape index (κ2) is 8.67. The third kappa shape index (κ3) is 5.85. The maximum Gasteiger partial charge on any atom is 0.320 e. The van der Waals surface area contributed by atoms with Crippen molar-refractivity contribution < 1.29 is 14.7 Å². The topological polar surface area (TPSA) is 66.4 Å². The smallest absolute Gasteiger partial charge is 0.320 e. The van der Waals surface area contributed by atoms with Crippen LogP contribution < -0.4 is 5.32 Å². The molecule has 0 amide bonds. The zero-order chi connectivity index (χ0) is 13.5. The molecule has 0 heterocycles. The summed E-state index contributed by atoms with van der Waals surface area (Å²) in [6.07, 6.45) is 0.306. The molecule has 0 aliphatic heterocycles. The van der Waals surface area contributed by atoms with Gasteiger partial charge in [0.2, 0.25) is 0 Å². The van der Waals surface area contributed by atoms with E-state index in [1.165, 1.54) is 0 Å². The number of nitrogens with one attached hydrogen (secondary N) is 1. The van der Waals surface area contributed by atoms with E-state index >= 15 is 0 Å². The molecule has 4 nitrogen and oxygen atoms in total. The summed E-state index contributed by atoms with van der Waals surface area (Å²) in [7, 11) is 0. The first-order valence-electron chi connectivity index (χ1n) is 6.07. The van der Waals surface area contributed by atoms with Gasteiger partial charge in [0.15, 0.2) is 5.78 Å². The summed E-state index contributed by atoms with van der Waals surface area (Å²) in [5, 5.41) is 11.9. The fraction of sp³-hybridized carbons (Fsp3) is 0.429. The van der Waals surface area contributed by atoms with E-state index in [1.54, 1.807) is 12.1 Å². The van der Waals surface area contributed by atoms with Crippen molar-refractivity contribution in [3.8, 4) is 0 Å². The molecule has 5 heteroatoms. The zero-order valence-corrected chi connectivity index (χ0v) is 11.9. The van der Waals surface area contributed by atoms with E-state index in [-0.39, 0.29) is 24.1 Å². The van der Waals surface area contributed by atoms with Gasteiger partial charge in [0.25, 0.3) is 0 Å². The molecule has 1 rings (SSSR count). The Morgan fingerprint density at radius 1 is 1.21 bits per heavy atom. The summed E-state index contributed by atoms with van der Waals surface area (Å²) in [5.74, 6) is -0.859. The van der Waals surface area contributed by atoms with Gasteiger partial charge in [-0.05, 0) is 5.92 Å². The number of carboxylic acid groups (broad SMARTS) is 1. The average molecular weight is 286 g/mol. The van der Waals surface area contributed by atoms with E-state index in [0.717, 1.165) is 0 Å². The van der Waals surface area contributed by atoms with Crippen molar-refractivity contribution in [3.05, 3.63) is 35.9 Å². The molecule has 1 aromatic carbocycles. The van der Waals surface area contributed by atoms with Gasteiger partial charge in [-0.25, -0.2) is 0 Å². The van der Waals surface area contributed by atoms with E-state index in [4.69, 9.17) is 5.11 Å². The minimum absolute atomic E-state index is 0. The van der Waals surface area contributed by atoms with Gasteiger partial charge in [0.1, 0.15) is 6.04 Å². The highest BCUT2D eigenvalue weighted by Gasteiger charge is 2.20. The van der Waals surface area contributed by atoms with E-state index in [2.05, 4.69) is 5.32 Å². The normalized spacial score (nSPS) is 11.7. The Bertz CT molecular complexity index is 406. The highest BCUT2D eigenvalue weighted by molar-refractivity contribution is 5.96. The molecule has 0 radical (unpaired) electrons. The second-order valence-electron chi connectivity index (χ2n) is 4.55. The fourth-order valence-electron chi connectivity index (χ4n) is 1.72. The van der Waals surface area contributed by atoms with Gasteiger partial charge in [0.05, 0.1) is 0 Å². The molecule has 0 aliphatic rings. The molecule has 1 aromatic rings. The third-order valence-corrected chi connectivity index (χ3v) is 2.74. The van der Waals surface area contributed by atoms with Crippen molar-refractivity contribution in [2.45, 2.75) is 26.3 Å². The first-order valence-corrected chi connectivity index (χ1v) is 6.07. The first-order chi connectivity index (χ1) is 8.52. The molecule has 1 unspecified atom stereocenters. The van der Waals surface area contributed by atoms with E-state index < -0.39 is 12.0 Å². The van der Waals surface area contributed by atoms with Gasteiger partial charge in [-0.15, -0.1) is 12.4 Å². The number of Topliss-reactive ketones (excluding diaryl/α,β-unsaturated/α-hetero) is 1. The Morgan fingerprint density at radius 3 is 2.26 bits per heavy atom. The van der Waals surface area contributed by atoms with Crippen LogP contribution in [0, 0.1) is 5.92 Å². The van der Waals surface area contributed by atoms with Crippen LogP contribution in [0.5, 0.6) is 0 Å². The number of hydrogen-bond acceptors (Lipinski definition) is 3. The molecular formula is C14H20ClNO3. The van der Waals surface area contributed by atoms with Gasteiger partial charge in [0, 0.05) is 18.5 Å². The molecule has 0 bridgehead atoms. The zero-order valence-electron chi connectivity index (χ0n) is 11.1. The van der Waals surface area contributed by atoms with Gasteiger partial charge in [-0.2, -0.15) is 0 Å². The number of carbonyl (C=O) groups is 2. The quantitative estimate of drug-likeness (QED) is 0.755. The van der Waals surface area contributed by atoms with Gasteiger partial charge in [-0.1, -0.05) is 44.2 Å². The van der Waals surface area contributed by atoms with Crippen LogP contribution >= 0.6 is 12.4 Å². The van der Waals surface area contributed by atoms with Crippen molar-refractivity contribution in [1.29, 1.82) is 0 Å². The van der Waals surface area contributed by atoms with Crippen LogP contribution in [0.1, 0.15) is 30.6 Å². The van der Waals surface area contributed by atoms with Crippen LogP contribution in [0.2, 0.25) is 0 Å². The Morgan fingerprint density at radius 2 is 1.79 bits per heavy atom. The van der Waals surface area contributed by atoms with Crippen molar-refractivity contribution in [2.24, 2.45) is 5.92 Å². The number of carboxylic acids is 1. The van der Waals surface area contributed by atoms with E-state index in [9.17, 15) is 9.59 Å². The number of halogens is 1. The summed E-state index contributed by atoms with van der Waals surface area (Å²) in [6.45, 7) is 4.05. The minimum Gasteiger partial charge on any atom is -0.480 e. The lowest BCUT2D eigenvalue weighted by atomic mass is 10.0. The van der Waals surface area contributed by atoms with Crippen molar-refractivity contribution in [3.63, 3.8) is 0 Å². The summed E-state index contributed by atoms with van der Waals surface area (Å²) >= 11 is 0. The van der Waals surface area contributed by atoms with Crippen LogP contribution in [-0.4, -0.2) is 29.4 Å². The molecule has 1 atom stereocenters. The predicted molar refractivity (Wildman–Crippen MR) is 76.9 cm³/mol. The van der Waals surface area contributed by atoms with Crippen molar-refractivity contribution >= 4 is 24.2 Å². The van der Waals surface area contributed by atoms with Crippen molar-refractivity contribution in [1.82, 2.24) is 5.32 Å². The SMILES string of the molecule is CC(C)C(NCCC(=O)c1ccccc1)C(=O)O.Cl. The minimum atomic E-state index is -0.878. The molecule has 0 saturated heterocycles.